The van der Waals surface area contributed by atoms with Crippen LogP contribution in [0.5, 0.6) is 0 Å². The van der Waals surface area contributed by atoms with E-state index in [1.165, 1.54) is 19.2 Å². The number of halogens is 2. The Bertz CT molecular complexity index is 1770. The second-order valence-electron chi connectivity index (χ2n) is 14.1. The fourth-order valence-electron chi connectivity index (χ4n) is 7.01. The normalized spacial score (nSPS) is 17.0. The number of methoxy groups -OCH3 is 1. The van der Waals surface area contributed by atoms with E-state index in [1.807, 2.05) is 48.5 Å². The summed E-state index contributed by atoms with van der Waals surface area (Å²) in [5.74, 6) is -8.22. The number of alkyl halides is 2. The molecule has 2 aliphatic rings. The highest BCUT2D eigenvalue weighted by atomic mass is 19.3. The van der Waals surface area contributed by atoms with Crippen LogP contribution < -0.4 is 16.0 Å². The van der Waals surface area contributed by atoms with E-state index in [0.29, 0.717) is 6.42 Å². The van der Waals surface area contributed by atoms with Gasteiger partial charge in [0.2, 0.25) is 11.8 Å². The molecular weight excluding hydrogens is 686 g/mol. The van der Waals surface area contributed by atoms with E-state index in [9.17, 15) is 24.0 Å². The summed E-state index contributed by atoms with van der Waals surface area (Å²) < 4.78 is 43.1. The molecule has 1 fully saturated rings. The molecule has 4 amide bonds. The Morgan fingerprint density at radius 1 is 0.792 bits per heavy atom. The molecule has 0 radical (unpaired) electrons. The van der Waals surface area contributed by atoms with Crippen LogP contribution >= 0.6 is 0 Å². The van der Waals surface area contributed by atoms with Crippen molar-refractivity contribution in [1.29, 1.82) is 0 Å². The van der Waals surface area contributed by atoms with Gasteiger partial charge >= 0.3 is 18.0 Å². The Morgan fingerprint density at radius 2 is 1.36 bits per heavy atom. The molecule has 3 aromatic carbocycles. The first-order valence-electron chi connectivity index (χ1n) is 17.8. The van der Waals surface area contributed by atoms with Gasteiger partial charge in [-0.25, -0.2) is 9.59 Å². The van der Waals surface area contributed by atoms with Crippen LogP contribution in [0, 0.1) is 11.8 Å². The number of likely N-dealkylation sites (tertiary alicyclic amines) is 1. The van der Waals surface area contributed by atoms with Crippen molar-refractivity contribution >= 4 is 29.8 Å². The monoisotopic (exact) mass is 732 g/mol. The summed E-state index contributed by atoms with van der Waals surface area (Å²) >= 11 is 0. The number of carbonyl (C=O) groups excluding carboxylic acids is 5. The van der Waals surface area contributed by atoms with Crippen LogP contribution in [-0.2, 0) is 34.6 Å². The molecule has 0 spiro atoms. The topological polar surface area (TPSA) is 143 Å². The van der Waals surface area contributed by atoms with Gasteiger partial charge in [0.25, 0.3) is 5.91 Å². The third kappa shape index (κ3) is 8.34. The largest absolute Gasteiger partial charge is 0.467 e. The first kappa shape index (κ1) is 38.9. The van der Waals surface area contributed by atoms with Gasteiger partial charge in [0.1, 0.15) is 24.7 Å². The minimum atomic E-state index is -3.91. The van der Waals surface area contributed by atoms with Gasteiger partial charge < -0.3 is 30.3 Å². The van der Waals surface area contributed by atoms with Crippen LogP contribution in [0.3, 0.4) is 0 Å². The van der Waals surface area contributed by atoms with E-state index in [4.69, 9.17) is 9.47 Å². The smallest absolute Gasteiger partial charge is 0.408 e. The molecule has 1 saturated heterocycles. The highest BCUT2D eigenvalue weighted by Gasteiger charge is 2.51. The number of hydrogen-bond acceptors (Lipinski definition) is 7. The van der Waals surface area contributed by atoms with Gasteiger partial charge in [-0.05, 0) is 46.9 Å². The lowest BCUT2D eigenvalue weighted by Gasteiger charge is -2.33. The lowest BCUT2D eigenvalue weighted by atomic mass is 9.98. The summed E-state index contributed by atoms with van der Waals surface area (Å²) in [7, 11) is 1.20. The van der Waals surface area contributed by atoms with Crippen LogP contribution in [0.2, 0.25) is 0 Å². The van der Waals surface area contributed by atoms with Gasteiger partial charge in [0.15, 0.2) is 6.04 Å². The van der Waals surface area contributed by atoms with Crippen LogP contribution in [-0.4, -0.2) is 79.1 Å². The van der Waals surface area contributed by atoms with Gasteiger partial charge in [-0.3, -0.25) is 14.4 Å². The zero-order chi connectivity index (χ0) is 38.4. The average Bonchev–Trinajstić information content (AvgIpc) is 3.77. The van der Waals surface area contributed by atoms with Crippen LogP contribution in [0.15, 0.2) is 78.9 Å². The average molecular weight is 733 g/mol. The number of amides is 4. The first-order valence-corrected chi connectivity index (χ1v) is 17.8. The Balaban J connectivity index is 1.34. The van der Waals surface area contributed by atoms with Crippen LogP contribution in [0.1, 0.15) is 63.1 Å². The maximum absolute atomic E-state index is 16.3. The molecule has 3 aromatic rings. The quantitative estimate of drug-likeness (QED) is 0.207. The number of ether oxygens (including phenoxy) is 2. The molecule has 13 heteroatoms. The first-order chi connectivity index (χ1) is 25.3. The molecule has 0 saturated carbocycles. The summed E-state index contributed by atoms with van der Waals surface area (Å²) in [6.07, 6.45) is -0.771. The Morgan fingerprint density at radius 3 is 1.92 bits per heavy atom. The highest BCUT2D eigenvalue weighted by Crippen LogP contribution is 2.44. The minimum absolute atomic E-state index is 0.0407. The zero-order valence-electron chi connectivity index (χ0n) is 30.4. The standard InChI is InChI=1S/C40H46F2N4O7/c1-23(2)32(36(48)44-33(24(3)4)38(50)52-5)43-35(47)31-20-13-21-46(31)37(49)34(40(41,42)25-14-7-6-8-15-25)45-39(51)53-22-30-28-18-11-9-16-26(28)27-17-10-12-19-29(27)30/h6-12,14-19,23-24,30-34H,13,20-22H2,1-5H3,(H,43,47)(H,44,48)(H,45,51)/t31-,32-,33-,34-/m0/s1. The number of hydrogen-bond donors (Lipinski definition) is 3. The van der Waals surface area contributed by atoms with E-state index < -0.39 is 71.4 Å². The van der Waals surface area contributed by atoms with Crippen molar-refractivity contribution in [2.75, 3.05) is 20.3 Å². The molecule has 5 rings (SSSR count). The van der Waals surface area contributed by atoms with Crippen molar-refractivity contribution < 1.29 is 42.2 Å². The van der Waals surface area contributed by atoms with E-state index in [1.54, 1.807) is 33.8 Å². The summed E-state index contributed by atoms with van der Waals surface area (Å²) in [5, 5.41) is 7.44. The summed E-state index contributed by atoms with van der Waals surface area (Å²) in [6.45, 7) is 6.63. The third-order valence-corrected chi connectivity index (χ3v) is 9.88. The fourth-order valence-corrected chi connectivity index (χ4v) is 7.01. The molecule has 3 N–H and O–H groups in total. The van der Waals surface area contributed by atoms with Gasteiger partial charge in [0.05, 0.1) is 7.11 Å². The molecule has 53 heavy (non-hydrogen) atoms. The number of esters is 1. The maximum atomic E-state index is 16.3. The predicted molar refractivity (Wildman–Crippen MR) is 193 cm³/mol. The fraction of sp³-hybridized carbons (Fsp3) is 0.425. The molecule has 282 valence electrons. The summed E-state index contributed by atoms with van der Waals surface area (Å²) in [5.41, 5.74) is 3.31. The van der Waals surface area contributed by atoms with Crippen LogP contribution in [0.25, 0.3) is 11.1 Å². The Kier molecular flexibility index (Phi) is 12.2. The van der Waals surface area contributed by atoms with Crippen molar-refractivity contribution in [3.05, 3.63) is 95.6 Å². The molecular formula is C40H46F2N4O7. The van der Waals surface area contributed by atoms with Crippen LogP contribution in [0.4, 0.5) is 13.6 Å². The number of fused-ring (bicyclic) bond motifs is 3. The molecule has 1 aliphatic carbocycles. The number of rotatable bonds is 13. The van der Waals surface area contributed by atoms with E-state index >= 15 is 8.78 Å². The zero-order valence-corrected chi connectivity index (χ0v) is 30.4. The maximum Gasteiger partial charge on any atom is 0.408 e. The second-order valence-corrected chi connectivity index (χ2v) is 14.1. The number of nitrogens with one attached hydrogen (secondary N) is 3. The molecule has 4 atom stereocenters. The molecule has 0 aromatic heterocycles. The summed E-state index contributed by atoms with van der Waals surface area (Å²) in [4.78, 5) is 67.9. The SMILES string of the molecule is COC(=O)[C@@H](NC(=O)[C@@H](NC(=O)[C@@H]1CCCN1C(=O)[C@H](NC(=O)OCC1c2ccccc2-c2ccccc21)C(F)(F)c1ccccc1)C(C)C)C(C)C. The molecule has 1 heterocycles. The minimum Gasteiger partial charge on any atom is -0.467 e. The summed E-state index contributed by atoms with van der Waals surface area (Å²) in [6, 6.07) is 16.2. The van der Waals surface area contributed by atoms with E-state index in [-0.39, 0.29) is 31.4 Å². The van der Waals surface area contributed by atoms with E-state index in [2.05, 4.69) is 16.0 Å². The van der Waals surface area contributed by atoms with Crippen molar-refractivity contribution in [2.45, 2.75) is 76.5 Å². The third-order valence-electron chi connectivity index (χ3n) is 9.88. The Hall–Kier alpha value is -5.33. The van der Waals surface area contributed by atoms with E-state index in [0.717, 1.165) is 39.3 Å². The number of benzene rings is 3. The molecule has 1 aliphatic heterocycles. The van der Waals surface area contributed by atoms with Gasteiger partial charge in [-0.1, -0.05) is 107 Å². The van der Waals surface area contributed by atoms with Crippen molar-refractivity contribution in [2.24, 2.45) is 11.8 Å². The number of alkyl carbamates (subject to hydrolysis) is 1. The number of carbonyl (C=O) groups is 5. The molecule has 0 unspecified atom stereocenters. The predicted octanol–water partition coefficient (Wildman–Crippen LogP) is 5.13. The highest BCUT2D eigenvalue weighted by molar-refractivity contribution is 5.95. The molecule has 0 bridgehead atoms. The second kappa shape index (κ2) is 16.6. The van der Waals surface area contributed by atoms with Crippen molar-refractivity contribution in [3.8, 4) is 11.1 Å². The van der Waals surface area contributed by atoms with Crippen molar-refractivity contribution in [1.82, 2.24) is 20.9 Å². The lowest BCUT2D eigenvalue weighted by Crippen LogP contribution is -2.61. The van der Waals surface area contributed by atoms with Crippen molar-refractivity contribution in [3.63, 3.8) is 0 Å². The van der Waals surface area contributed by atoms with Gasteiger partial charge in [0, 0.05) is 18.0 Å². The van der Waals surface area contributed by atoms with Gasteiger partial charge in [-0.15, -0.1) is 0 Å². The number of nitrogens with zero attached hydrogens (tertiary/aromatic N) is 1. The van der Waals surface area contributed by atoms with Gasteiger partial charge in [-0.2, -0.15) is 8.78 Å². The lowest BCUT2D eigenvalue weighted by molar-refractivity contribution is -0.150. The molecule has 11 nitrogen and oxygen atoms in total. The Labute approximate surface area is 307 Å².